The fourth-order valence-corrected chi connectivity index (χ4v) is 9.93. The van der Waals surface area contributed by atoms with E-state index in [0.717, 1.165) is 11.1 Å². The maximum atomic E-state index is 2.51. The van der Waals surface area contributed by atoms with Crippen molar-refractivity contribution in [3.05, 3.63) is 0 Å². The molecule has 0 saturated heterocycles. The predicted octanol–water partition coefficient (Wildman–Crippen LogP) is 6.00. The van der Waals surface area contributed by atoms with Gasteiger partial charge in [-0.25, -0.2) is 0 Å². The molecule has 0 nitrogen and oxygen atoms in total. The molecular formula is C15H32Si. The molecule has 0 spiro atoms. The van der Waals surface area contributed by atoms with Gasteiger partial charge in [0.05, 0.1) is 8.07 Å². The second-order valence-electron chi connectivity index (χ2n) is 6.14. The summed E-state index contributed by atoms with van der Waals surface area (Å²) in [5.74, 6) is 0. The molecule has 0 heterocycles. The fraction of sp³-hybridized carbons (Fsp3) is 1.00. The van der Waals surface area contributed by atoms with Crippen molar-refractivity contribution < 1.29 is 0 Å². The van der Waals surface area contributed by atoms with Gasteiger partial charge in [-0.1, -0.05) is 90.3 Å². The van der Waals surface area contributed by atoms with Crippen LogP contribution in [0.2, 0.25) is 23.2 Å². The maximum Gasteiger partial charge on any atom is 0.0587 e. The van der Waals surface area contributed by atoms with Gasteiger partial charge in [0.15, 0.2) is 0 Å². The van der Waals surface area contributed by atoms with Gasteiger partial charge < -0.3 is 0 Å². The van der Waals surface area contributed by atoms with E-state index in [1.54, 1.807) is 12.8 Å². The van der Waals surface area contributed by atoms with Crippen LogP contribution in [-0.4, -0.2) is 8.07 Å². The van der Waals surface area contributed by atoms with E-state index in [-0.39, 0.29) is 0 Å². The van der Waals surface area contributed by atoms with E-state index in [4.69, 9.17) is 0 Å². The average molecular weight is 241 g/mol. The lowest BCUT2D eigenvalue weighted by atomic mass is 10.0. The highest BCUT2D eigenvalue weighted by molar-refractivity contribution is 6.82. The second kappa shape index (κ2) is 6.83. The van der Waals surface area contributed by atoms with Gasteiger partial charge in [-0.2, -0.15) is 0 Å². The number of hydrogen-bond donors (Lipinski definition) is 0. The molecule has 0 aliphatic heterocycles. The van der Waals surface area contributed by atoms with E-state index in [2.05, 4.69) is 27.7 Å². The Bertz CT molecular complexity index is 174. The van der Waals surface area contributed by atoms with Crippen molar-refractivity contribution in [3.63, 3.8) is 0 Å². The van der Waals surface area contributed by atoms with Gasteiger partial charge in [0.1, 0.15) is 0 Å². The van der Waals surface area contributed by atoms with Crippen LogP contribution in [0.4, 0.5) is 0 Å². The van der Waals surface area contributed by atoms with E-state index < -0.39 is 8.07 Å². The summed E-state index contributed by atoms with van der Waals surface area (Å²) in [6.07, 6.45) is 10.7. The summed E-state index contributed by atoms with van der Waals surface area (Å²) in [6.45, 7) is 9.99. The smallest absolute Gasteiger partial charge is 0.0587 e. The lowest BCUT2D eigenvalue weighted by molar-refractivity contribution is 0.488. The zero-order chi connectivity index (χ0) is 12.0. The van der Waals surface area contributed by atoms with Crippen molar-refractivity contribution in [2.75, 3.05) is 0 Å². The third-order valence-corrected chi connectivity index (χ3v) is 12.5. The van der Waals surface area contributed by atoms with Crippen molar-refractivity contribution in [1.29, 1.82) is 0 Å². The maximum absolute atomic E-state index is 2.51. The minimum atomic E-state index is -0.975. The van der Waals surface area contributed by atoms with Crippen LogP contribution >= 0.6 is 0 Å². The van der Waals surface area contributed by atoms with E-state index in [1.807, 2.05) is 0 Å². The van der Waals surface area contributed by atoms with E-state index in [9.17, 15) is 0 Å². The minimum Gasteiger partial charge on any atom is -0.0678 e. The van der Waals surface area contributed by atoms with Gasteiger partial charge in [0.25, 0.3) is 0 Å². The molecule has 1 aliphatic rings. The molecular weight excluding hydrogens is 208 g/mol. The van der Waals surface area contributed by atoms with Crippen molar-refractivity contribution in [2.24, 2.45) is 0 Å². The van der Waals surface area contributed by atoms with E-state index >= 15 is 0 Å². The zero-order valence-electron chi connectivity index (χ0n) is 12.0. The zero-order valence-corrected chi connectivity index (χ0v) is 13.0. The lowest BCUT2D eigenvalue weighted by Crippen LogP contribution is -2.41. The van der Waals surface area contributed by atoms with Crippen LogP contribution in [0.1, 0.15) is 72.6 Å². The topological polar surface area (TPSA) is 0 Å². The lowest BCUT2D eigenvalue weighted by Gasteiger charge is -2.42. The molecule has 0 radical (unpaired) electrons. The third kappa shape index (κ3) is 3.12. The molecule has 1 rings (SSSR count). The van der Waals surface area contributed by atoms with Crippen molar-refractivity contribution in [1.82, 2.24) is 0 Å². The molecule has 1 saturated carbocycles. The fourth-order valence-electron chi connectivity index (χ4n) is 4.15. The minimum absolute atomic E-state index is 0.975. The SMILES string of the molecule is CC[Si](CC)(C(C)C)C1CCCCCCC1. The van der Waals surface area contributed by atoms with Crippen LogP contribution in [0.25, 0.3) is 0 Å². The van der Waals surface area contributed by atoms with Crippen molar-refractivity contribution >= 4 is 8.07 Å². The highest BCUT2D eigenvalue weighted by atomic mass is 28.3. The first-order valence-corrected chi connectivity index (χ1v) is 10.2. The van der Waals surface area contributed by atoms with Crippen LogP contribution in [0, 0.1) is 0 Å². The van der Waals surface area contributed by atoms with Crippen molar-refractivity contribution in [2.45, 2.75) is 95.8 Å². The van der Waals surface area contributed by atoms with E-state index in [0.29, 0.717) is 0 Å². The standard InChI is InChI=1S/C15H32Si/c1-5-16(6-2,14(3)4)15-12-10-8-7-9-11-13-15/h14-15H,5-13H2,1-4H3. The first-order valence-electron chi connectivity index (χ1n) is 7.67. The summed E-state index contributed by atoms with van der Waals surface area (Å²) in [5, 5.41) is 0. The van der Waals surface area contributed by atoms with E-state index in [1.165, 1.54) is 44.2 Å². The van der Waals surface area contributed by atoms with Crippen LogP contribution in [0.5, 0.6) is 0 Å². The van der Waals surface area contributed by atoms with Gasteiger partial charge in [-0.3, -0.25) is 0 Å². The van der Waals surface area contributed by atoms with Gasteiger partial charge >= 0.3 is 0 Å². The van der Waals surface area contributed by atoms with Gasteiger partial charge in [0, 0.05) is 0 Å². The molecule has 0 unspecified atom stereocenters. The Balaban J connectivity index is 2.73. The first kappa shape index (κ1) is 14.3. The molecule has 0 amide bonds. The molecule has 96 valence electrons. The summed E-state index contributed by atoms with van der Waals surface area (Å²) >= 11 is 0. The Morgan fingerprint density at radius 3 is 1.69 bits per heavy atom. The number of hydrogen-bond acceptors (Lipinski definition) is 0. The monoisotopic (exact) mass is 240 g/mol. The molecule has 0 N–H and O–H groups in total. The summed E-state index contributed by atoms with van der Waals surface area (Å²) in [4.78, 5) is 0. The van der Waals surface area contributed by atoms with Gasteiger partial charge in [-0.15, -0.1) is 0 Å². The Hall–Kier alpha value is 0.217. The molecule has 0 aromatic heterocycles. The molecule has 0 bridgehead atoms. The summed E-state index contributed by atoms with van der Waals surface area (Å²) in [6, 6.07) is 3.04. The normalized spacial score (nSPS) is 20.8. The predicted molar refractivity (Wildman–Crippen MR) is 77.9 cm³/mol. The quantitative estimate of drug-likeness (QED) is 0.529. The molecule has 0 aromatic rings. The van der Waals surface area contributed by atoms with Crippen molar-refractivity contribution in [3.8, 4) is 0 Å². The molecule has 16 heavy (non-hydrogen) atoms. The van der Waals surface area contributed by atoms with Gasteiger partial charge in [0.2, 0.25) is 0 Å². The largest absolute Gasteiger partial charge is 0.0678 e. The molecule has 1 heteroatoms. The average Bonchev–Trinajstić information content (AvgIpc) is 2.22. The van der Waals surface area contributed by atoms with Gasteiger partial charge in [-0.05, 0) is 5.54 Å². The Labute approximate surface area is 104 Å². The number of rotatable bonds is 4. The molecule has 0 atom stereocenters. The Morgan fingerprint density at radius 2 is 1.31 bits per heavy atom. The Morgan fingerprint density at radius 1 is 0.875 bits per heavy atom. The summed E-state index contributed by atoms with van der Waals surface area (Å²) < 4.78 is 0. The van der Waals surface area contributed by atoms with Crippen LogP contribution in [0.3, 0.4) is 0 Å². The third-order valence-electron chi connectivity index (χ3n) is 5.38. The molecule has 0 aromatic carbocycles. The first-order chi connectivity index (χ1) is 7.67. The van der Waals surface area contributed by atoms with Crippen LogP contribution < -0.4 is 0 Å². The highest BCUT2D eigenvalue weighted by Crippen LogP contribution is 2.45. The molecule has 1 aliphatic carbocycles. The summed E-state index contributed by atoms with van der Waals surface area (Å²) in [5.41, 5.74) is 2.13. The second-order valence-corrected chi connectivity index (χ2v) is 12.0. The van der Waals surface area contributed by atoms with Crippen LogP contribution in [0.15, 0.2) is 0 Å². The summed E-state index contributed by atoms with van der Waals surface area (Å²) in [7, 11) is -0.975. The highest BCUT2D eigenvalue weighted by Gasteiger charge is 2.39. The molecule has 1 fully saturated rings. The Kier molecular flexibility index (Phi) is 6.10. The van der Waals surface area contributed by atoms with Crippen LogP contribution in [-0.2, 0) is 0 Å².